The maximum Gasteiger partial charge on any atom is 0.343 e. The number of benzene rings is 1. The molecule has 0 amide bonds. The smallest absolute Gasteiger partial charge is 0.343 e. The van der Waals surface area contributed by atoms with Crippen LogP contribution in [0.3, 0.4) is 0 Å². The molecule has 0 radical (unpaired) electrons. The number of nitrogens with zero attached hydrogens (tertiary/aromatic N) is 2. The quantitative estimate of drug-likeness (QED) is 0.428. The predicted molar refractivity (Wildman–Crippen MR) is 94.8 cm³/mol. The summed E-state index contributed by atoms with van der Waals surface area (Å²) < 4.78 is 6.56. The van der Waals surface area contributed by atoms with Crippen molar-refractivity contribution >= 4 is 17.5 Å². The van der Waals surface area contributed by atoms with Crippen LogP contribution in [0.25, 0.3) is 0 Å². The fraction of sp³-hybridized carbons (Fsp3) is 0.471. The first-order valence-corrected chi connectivity index (χ1v) is 8.88. The number of thioether (sulfide) groups is 1. The van der Waals surface area contributed by atoms with E-state index >= 15 is 0 Å². The van der Waals surface area contributed by atoms with E-state index in [1.54, 1.807) is 11.7 Å². The standard InChI is InChI=1S/C17H23N3O3S/c1-4-13-6-8-14(9-7-13)15(21)12(2)24-17-19-18-16(22)20(17)10-5-11-23-3/h6-9,12H,4-5,10-11H2,1-3H3,(H,18,22). The Morgan fingerprint density at radius 1 is 1.38 bits per heavy atom. The molecule has 0 aliphatic carbocycles. The van der Waals surface area contributed by atoms with Crippen molar-refractivity contribution in [3.05, 3.63) is 45.9 Å². The summed E-state index contributed by atoms with van der Waals surface area (Å²) in [7, 11) is 1.62. The van der Waals surface area contributed by atoms with Crippen LogP contribution in [0.2, 0.25) is 0 Å². The predicted octanol–water partition coefficient (Wildman–Crippen LogP) is 2.53. The van der Waals surface area contributed by atoms with Crippen molar-refractivity contribution in [2.45, 2.75) is 43.6 Å². The van der Waals surface area contributed by atoms with Gasteiger partial charge in [-0.05, 0) is 25.3 Å². The summed E-state index contributed by atoms with van der Waals surface area (Å²) >= 11 is 1.29. The van der Waals surface area contributed by atoms with E-state index in [0.717, 1.165) is 6.42 Å². The van der Waals surface area contributed by atoms with Crippen LogP contribution < -0.4 is 5.69 Å². The van der Waals surface area contributed by atoms with Crippen LogP contribution in [0, 0.1) is 0 Å². The molecular formula is C17H23N3O3S. The molecule has 24 heavy (non-hydrogen) atoms. The third kappa shape index (κ3) is 4.58. The van der Waals surface area contributed by atoms with E-state index in [9.17, 15) is 9.59 Å². The second-order valence-corrected chi connectivity index (χ2v) is 6.79. The number of aryl methyl sites for hydroxylation is 1. The normalized spacial score (nSPS) is 12.3. The highest BCUT2D eigenvalue weighted by Gasteiger charge is 2.20. The van der Waals surface area contributed by atoms with Gasteiger partial charge in [0, 0.05) is 25.8 Å². The number of hydrogen-bond acceptors (Lipinski definition) is 5. The topological polar surface area (TPSA) is 77.0 Å². The van der Waals surface area contributed by atoms with Gasteiger partial charge in [0.25, 0.3) is 0 Å². The Labute approximate surface area is 145 Å². The number of rotatable bonds is 9. The lowest BCUT2D eigenvalue weighted by Crippen LogP contribution is -2.20. The van der Waals surface area contributed by atoms with Gasteiger partial charge in [-0.2, -0.15) is 0 Å². The van der Waals surface area contributed by atoms with Crippen molar-refractivity contribution in [2.75, 3.05) is 13.7 Å². The highest BCUT2D eigenvalue weighted by atomic mass is 32.2. The fourth-order valence-electron chi connectivity index (χ4n) is 2.31. The summed E-state index contributed by atoms with van der Waals surface area (Å²) in [5, 5.41) is 6.69. The minimum absolute atomic E-state index is 0.0292. The van der Waals surface area contributed by atoms with E-state index in [0.29, 0.717) is 30.3 Å². The molecule has 1 atom stereocenters. The van der Waals surface area contributed by atoms with Gasteiger partial charge in [-0.25, -0.2) is 9.89 Å². The molecule has 2 aromatic rings. The summed E-state index contributed by atoms with van der Waals surface area (Å²) in [5.74, 6) is 0.0292. The van der Waals surface area contributed by atoms with E-state index < -0.39 is 0 Å². The minimum Gasteiger partial charge on any atom is -0.385 e. The highest BCUT2D eigenvalue weighted by Crippen LogP contribution is 2.23. The van der Waals surface area contributed by atoms with Crippen LogP contribution in [-0.4, -0.2) is 39.5 Å². The molecule has 130 valence electrons. The van der Waals surface area contributed by atoms with Gasteiger partial charge in [0.15, 0.2) is 10.9 Å². The summed E-state index contributed by atoms with van der Waals surface area (Å²) in [6, 6.07) is 7.66. The number of aromatic amines is 1. The van der Waals surface area contributed by atoms with E-state index in [1.807, 2.05) is 31.2 Å². The lowest BCUT2D eigenvalue weighted by molar-refractivity contribution is 0.0994. The van der Waals surface area contributed by atoms with Gasteiger partial charge in [0.2, 0.25) is 0 Å². The van der Waals surface area contributed by atoms with Crippen molar-refractivity contribution in [1.82, 2.24) is 14.8 Å². The summed E-state index contributed by atoms with van der Waals surface area (Å²) in [4.78, 5) is 24.4. The first kappa shape index (κ1) is 18.5. The largest absolute Gasteiger partial charge is 0.385 e. The Hall–Kier alpha value is -1.86. The van der Waals surface area contributed by atoms with Crippen LogP contribution >= 0.6 is 11.8 Å². The Morgan fingerprint density at radius 2 is 2.08 bits per heavy atom. The molecule has 0 bridgehead atoms. The van der Waals surface area contributed by atoms with Crippen LogP contribution in [-0.2, 0) is 17.7 Å². The number of ketones is 1. The Bertz CT molecular complexity index is 721. The van der Waals surface area contributed by atoms with Gasteiger partial charge in [-0.1, -0.05) is 43.0 Å². The number of H-pyrrole nitrogens is 1. The molecule has 1 unspecified atom stereocenters. The zero-order chi connectivity index (χ0) is 17.5. The molecule has 1 N–H and O–H groups in total. The van der Waals surface area contributed by atoms with Crippen LogP contribution in [0.4, 0.5) is 0 Å². The average molecular weight is 349 g/mol. The van der Waals surface area contributed by atoms with Crippen molar-refractivity contribution in [2.24, 2.45) is 0 Å². The highest BCUT2D eigenvalue weighted by molar-refractivity contribution is 8.00. The number of carbonyl (C=O) groups is 1. The van der Waals surface area contributed by atoms with Crippen LogP contribution in [0.1, 0.15) is 36.2 Å². The van der Waals surface area contributed by atoms with Crippen molar-refractivity contribution < 1.29 is 9.53 Å². The number of carbonyl (C=O) groups excluding carboxylic acids is 1. The molecule has 0 saturated heterocycles. The number of hydrogen-bond donors (Lipinski definition) is 1. The van der Waals surface area contributed by atoms with Gasteiger partial charge in [-0.3, -0.25) is 9.36 Å². The van der Waals surface area contributed by atoms with Crippen molar-refractivity contribution in [1.29, 1.82) is 0 Å². The second-order valence-electron chi connectivity index (χ2n) is 5.48. The Balaban J connectivity index is 2.06. The lowest BCUT2D eigenvalue weighted by Gasteiger charge is -2.11. The maximum absolute atomic E-state index is 12.6. The maximum atomic E-state index is 12.6. The number of nitrogens with one attached hydrogen (secondary N) is 1. The van der Waals surface area contributed by atoms with E-state index in [2.05, 4.69) is 17.1 Å². The number of aromatic nitrogens is 3. The zero-order valence-corrected chi connectivity index (χ0v) is 15.1. The molecule has 0 fully saturated rings. The monoisotopic (exact) mass is 349 g/mol. The molecule has 0 spiro atoms. The van der Waals surface area contributed by atoms with E-state index in [-0.39, 0.29) is 16.7 Å². The van der Waals surface area contributed by atoms with Gasteiger partial charge < -0.3 is 4.74 Å². The van der Waals surface area contributed by atoms with Crippen molar-refractivity contribution in [3.8, 4) is 0 Å². The molecule has 1 aromatic heterocycles. The summed E-state index contributed by atoms with van der Waals surface area (Å²) in [6.45, 7) is 4.99. The molecule has 7 heteroatoms. The molecule has 0 aliphatic rings. The minimum atomic E-state index is -0.325. The molecule has 6 nitrogen and oxygen atoms in total. The van der Waals surface area contributed by atoms with Gasteiger partial charge >= 0.3 is 5.69 Å². The van der Waals surface area contributed by atoms with Crippen LogP contribution in [0.15, 0.2) is 34.2 Å². The lowest BCUT2D eigenvalue weighted by atomic mass is 10.1. The van der Waals surface area contributed by atoms with Gasteiger partial charge in [0.1, 0.15) is 0 Å². The number of ether oxygens (including phenoxy) is 1. The fourth-order valence-corrected chi connectivity index (χ4v) is 3.27. The second kappa shape index (κ2) is 8.84. The molecule has 1 heterocycles. The SMILES string of the molecule is CCc1ccc(C(=O)C(C)Sc2n[nH]c(=O)n2CCCOC)cc1. The summed E-state index contributed by atoms with van der Waals surface area (Å²) in [6.07, 6.45) is 1.66. The zero-order valence-electron chi connectivity index (χ0n) is 14.2. The Kier molecular flexibility index (Phi) is 6.81. The molecule has 1 aromatic carbocycles. The van der Waals surface area contributed by atoms with Gasteiger partial charge in [0.05, 0.1) is 5.25 Å². The average Bonchev–Trinajstić information content (AvgIpc) is 2.94. The van der Waals surface area contributed by atoms with Crippen LogP contribution in [0.5, 0.6) is 0 Å². The van der Waals surface area contributed by atoms with E-state index in [1.165, 1.54) is 17.3 Å². The Morgan fingerprint density at radius 3 is 2.71 bits per heavy atom. The van der Waals surface area contributed by atoms with Crippen molar-refractivity contribution in [3.63, 3.8) is 0 Å². The summed E-state index contributed by atoms with van der Waals surface area (Å²) in [5.41, 5.74) is 1.61. The molecule has 2 rings (SSSR count). The third-order valence-corrected chi connectivity index (χ3v) is 4.84. The number of methoxy groups -OCH3 is 1. The number of Topliss-reactive ketones (excluding diaryl/α,β-unsaturated/α-hetero) is 1. The van der Waals surface area contributed by atoms with E-state index in [4.69, 9.17) is 4.74 Å². The molecule has 0 aliphatic heterocycles. The third-order valence-electron chi connectivity index (χ3n) is 3.75. The molecular weight excluding hydrogens is 326 g/mol. The first-order chi connectivity index (χ1) is 11.6. The molecule has 0 saturated carbocycles. The van der Waals surface area contributed by atoms with Gasteiger partial charge in [-0.15, -0.1) is 5.10 Å². The first-order valence-electron chi connectivity index (χ1n) is 8.00.